The molecular formula is C37H44Cl2N6O7S. The molecule has 16 heteroatoms. The molecule has 4 aliphatic rings. The van der Waals surface area contributed by atoms with Crippen LogP contribution in [0.5, 0.6) is 5.75 Å². The van der Waals surface area contributed by atoms with Crippen molar-refractivity contribution in [2.24, 2.45) is 4.99 Å². The first-order chi connectivity index (χ1) is 24.9. The van der Waals surface area contributed by atoms with Crippen molar-refractivity contribution in [2.75, 3.05) is 25.0 Å². The topological polar surface area (TPSA) is 161 Å². The third-order valence-corrected chi connectivity index (χ3v) is 8.51. The minimum absolute atomic E-state index is 0.00559. The van der Waals surface area contributed by atoms with E-state index >= 15 is 0 Å². The summed E-state index contributed by atoms with van der Waals surface area (Å²) in [5.41, 5.74) is 0.472. The number of aromatic nitrogens is 1. The first kappa shape index (κ1) is 41.1. The Hall–Kier alpha value is -4.66. The molecule has 2 aromatic carbocycles. The van der Waals surface area contributed by atoms with Crippen LogP contribution < -0.4 is 20.7 Å². The maximum absolute atomic E-state index is 13.7. The number of carbonyl (C=O) groups excluding carboxylic acids is 4. The Morgan fingerprint density at radius 1 is 0.981 bits per heavy atom. The molecule has 7 rings (SSSR count). The molecule has 4 bridgehead atoms. The number of benzene rings is 2. The number of hydrogen-bond acceptors (Lipinski definition) is 10. The zero-order valence-corrected chi connectivity index (χ0v) is 33.1. The SMILES string of the molecule is Cc1snc2c1C(=O)/N=C(\NC(=O)OC(C)(C)C)NCc1cc(Cl)c(c(Cl)c1)NC(=O)CN(C(=O)OC(C)(C)C)CCCC=CCOc1ccc-2cc1. The van der Waals surface area contributed by atoms with Gasteiger partial charge in [0.25, 0.3) is 5.91 Å². The second kappa shape index (κ2) is 17.9. The summed E-state index contributed by atoms with van der Waals surface area (Å²) in [6, 6.07) is 10.3. The number of aliphatic imine (C=N–C) groups is 1. The van der Waals surface area contributed by atoms with Gasteiger partial charge in [-0.3, -0.25) is 19.8 Å². The number of amides is 4. The molecule has 4 aliphatic heterocycles. The molecule has 5 heterocycles. The second-order valence-corrected chi connectivity index (χ2v) is 15.8. The number of alkyl carbamates (subject to hydrolysis) is 1. The first-order valence-corrected chi connectivity index (χ1v) is 18.4. The standard InChI is InChI=1S/C37H44Cl2N6O7S/c1-22-29-30(44-53-22)24-12-14-25(15-13-24)50-17-11-9-8-10-16-45(35(49)52-37(5,6)7)21-28(46)41-31-26(38)18-23(19-27(31)39)20-40-33(42-32(29)47)43-34(48)51-36(2,3)4/h9,11-15,18-19H,8,10,16-17,20-21H2,1-7H3,(H,41,46)(H2,40,42,43,47,48). The average molecular weight is 788 g/mol. The summed E-state index contributed by atoms with van der Waals surface area (Å²) in [4.78, 5) is 58.9. The van der Waals surface area contributed by atoms with E-state index in [-0.39, 0.29) is 46.9 Å². The molecule has 4 amide bonds. The van der Waals surface area contributed by atoms with Crippen molar-refractivity contribution in [1.29, 1.82) is 0 Å². The minimum atomic E-state index is -0.836. The molecule has 13 nitrogen and oxygen atoms in total. The highest BCUT2D eigenvalue weighted by atomic mass is 35.5. The highest BCUT2D eigenvalue weighted by molar-refractivity contribution is 7.06. The Bertz CT molecular complexity index is 1860. The normalized spacial score (nSPS) is 16.1. The number of anilines is 1. The van der Waals surface area contributed by atoms with Gasteiger partial charge < -0.3 is 24.8 Å². The van der Waals surface area contributed by atoms with Crippen molar-refractivity contribution in [3.05, 3.63) is 74.6 Å². The summed E-state index contributed by atoms with van der Waals surface area (Å²) in [5, 5.41) is 8.41. The van der Waals surface area contributed by atoms with E-state index in [4.69, 9.17) is 37.4 Å². The molecule has 3 N–H and O–H groups in total. The van der Waals surface area contributed by atoms with Gasteiger partial charge in [0.05, 0.1) is 27.0 Å². The van der Waals surface area contributed by atoms with Crippen molar-refractivity contribution in [2.45, 2.75) is 79.1 Å². The molecule has 0 radical (unpaired) electrons. The van der Waals surface area contributed by atoms with Gasteiger partial charge >= 0.3 is 12.2 Å². The van der Waals surface area contributed by atoms with E-state index < -0.39 is 35.2 Å². The van der Waals surface area contributed by atoms with Crippen LogP contribution in [0.15, 0.2) is 53.5 Å². The summed E-state index contributed by atoms with van der Waals surface area (Å²) >= 11 is 14.3. The minimum Gasteiger partial charge on any atom is -0.490 e. The molecule has 0 saturated heterocycles. The zero-order chi connectivity index (χ0) is 38.9. The van der Waals surface area contributed by atoms with Crippen LogP contribution in [0.1, 0.15) is 75.2 Å². The van der Waals surface area contributed by atoms with Crippen LogP contribution in [0, 0.1) is 6.92 Å². The second-order valence-electron chi connectivity index (χ2n) is 14.0. The fraction of sp³-hybridized carbons (Fsp3) is 0.405. The lowest BCUT2D eigenvalue weighted by Crippen LogP contribution is -2.43. The first-order valence-electron chi connectivity index (χ1n) is 16.9. The molecule has 1 aromatic heterocycles. The summed E-state index contributed by atoms with van der Waals surface area (Å²) < 4.78 is 21.3. The Balaban J connectivity index is 1.69. The highest BCUT2D eigenvalue weighted by Crippen LogP contribution is 2.33. The Labute approximate surface area is 323 Å². The number of hydrogen-bond donors (Lipinski definition) is 3. The van der Waals surface area contributed by atoms with Gasteiger partial charge in [0, 0.05) is 23.5 Å². The van der Waals surface area contributed by atoms with E-state index in [9.17, 15) is 19.2 Å². The van der Waals surface area contributed by atoms with Gasteiger partial charge in [0.2, 0.25) is 11.9 Å². The number of carbonyl (C=O) groups is 4. The lowest BCUT2D eigenvalue weighted by atomic mass is 10.1. The lowest BCUT2D eigenvalue weighted by Gasteiger charge is -2.27. The molecule has 0 saturated carbocycles. The lowest BCUT2D eigenvalue weighted by molar-refractivity contribution is -0.117. The fourth-order valence-electron chi connectivity index (χ4n) is 4.88. The molecular weight excluding hydrogens is 743 g/mol. The van der Waals surface area contributed by atoms with Crippen LogP contribution in [0.3, 0.4) is 0 Å². The van der Waals surface area contributed by atoms with Gasteiger partial charge in [-0.15, -0.1) is 0 Å². The zero-order valence-electron chi connectivity index (χ0n) is 30.7. The number of allylic oxidation sites excluding steroid dienone is 1. The highest BCUT2D eigenvalue weighted by Gasteiger charge is 2.26. The Morgan fingerprint density at radius 2 is 1.64 bits per heavy atom. The van der Waals surface area contributed by atoms with Gasteiger partial charge in [-0.25, -0.2) is 9.59 Å². The van der Waals surface area contributed by atoms with Gasteiger partial charge in [-0.2, -0.15) is 9.37 Å². The number of nitrogens with one attached hydrogen (secondary N) is 3. The summed E-state index contributed by atoms with van der Waals surface area (Å²) in [5.74, 6) is -0.757. The van der Waals surface area contributed by atoms with E-state index in [0.29, 0.717) is 46.9 Å². The maximum atomic E-state index is 13.7. The van der Waals surface area contributed by atoms with Crippen LogP contribution in [0.25, 0.3) is 11.3 Å². The number of ether oxygens (including phenoxy) is 3. The molecule has 284 valence electrons. The van der Waals surface area contributed by atoms with Crippen molar-refractivity contribution in [1.82, 2.24) is 19.9 Å². The van der Waals surface area contributed by atoms with Crippen molar-refractivity contribution >= 4 is 70.4 Å². The molecule has 0 spiro atoms. The fourth-order valence-corrected chi connectivity index (χ4v) is 6.20. The smallest absolute Gasteiger partial charge is 0.414 e. The Morgan fingerprint density at radius 3 is 2.28 bits per heavy atom. The molecule has 0 fully saturated rings. The molecule has 0 unspecified atom stereocenters. The van der Waals surface area contributed by atoms with Gasteiger partial charge in [-0.1, -0.05) is 35.4 Å². The predicted molar refractivity (Wildman–Crippen MR) is 207 cm³/mol. The van der Waals surface area contributed by atoms with Crippen LogP contribution in [0.4, 0.5) is 15.3 Å². The summed E-state index contributed by atoms with van der Waals surface area (Å²) in [6.45, 7) is 12.4. The predicted octanol–water partition coefficient (Wildman–Crippen LogP) is 8.14. The van der Waals surface area contributed by atoms with Gasteiger partial charge in [0.15, 0.2) is 0 Å². The molecule has 3 aromatic rings. The number of nitrogens with zero attached hydrogens (tertiary/aromatic N) is 3. The number of aryl methyl sites for hydroxylation is 1. The van der Waals surface area contributed by atoms with Crippen LogP contribution in [0.2, 0.25) is 10.0 Å². The van der Waals surface area contributed by atoms with Crippen LogP contribution in [-0.2, 0) is 20.8 Å². The quantitative estimate of drug-likeness (QED) is 0.191. The van der Waals surface area contributed by atoms with E-state index in [2.05, 4.69) is 25.3 Å². The number of halogens is 2. The number of rotatable bonds is 0. The van der Waals surface area contributed by atoms with Crippen LogP contribution in [-0.4, -0.2) is 70.1 Å². The van der Waals surface area contributed by atoms with E-state index in [1.807, 2.05) is 12.2 Å². The third-order valence-electron chi connectivity index (χ3n) is 7.16. The molecule has 53 heavy (non-hydrogen) atoms. The van der Waals surface area contributed by atoms with Crippen molar-refractivity contribution in [3.63, 3.8) is 0 Å². The van der Waals surface area contributed by atoms with Gasteiger partial charge in [0.1, 0.15) is 30.1 Å². The van der Waals surface area contributed by atoms with Crippen molar-refractivity contribution in [3.8, 4) is 17.0 Å². The van der Waals surface area contributed by atoms with E-state index in [1.165, 1.54) is 4.90 Å². The van der Waals surface area contributed by atoms with Crippen LogP contribution >= 0.6 is 34.7 Å². The summed E-state index contributed by atoms with van der Waals surface area (Å²) in [7, 11) is 0. The summed E-state index contributed by atoms with van der Waals surface area (Å²) in [6.07, 6.45) is 3.51. The van der Waals surface area contributed by atoms with E-state index in [0.717, 1.165) is 11.5 Å². The molecule has 0 atom stereocenters. The maximum Gasteiger partial charge on any atom is 0.414 e. The number of guanidine groups is 1. The Kier molecular flexibility index (Phi) is 13.9. The van der Waals surface area contributed by atoms with Gasteiger partial charge in [-0.05, 0) is 115 Å². The van der Waals surface area contributed by atoms with Crippen molar-refractivity contribution < 1.29 is 33.4 Å². The average Bonchev–Trinajstić information content (AvgIpc) is 3.43. The monoisotopic (exact) mass is 786 g/mol. The largest absolute Gasteiger partial charge is 0.490 e. The molecule has 0 aliphatic carbocycles. The third kappa shape index (κ3) is 12.8. The van der Waals surface area contributed by atoms with E-state index in [1.54, 1.807) is 84.9 Å².